The molecule has 1 aliphatic rings. The second kappa shape index (κ2) is 6.93. The Balaban J connectivity index is 1.76. The summed E-state index contributed by atoms with van der Waals surface area (Å²) in [6.45, 7) is 4.30. The summed E-state index contributed by atoms with van der Waals surface area (Å²) >= 11 is 3.55. The zero-order chi connectivity index (χ0) is 17.3. The molecule has 1 aliphatic heterocycles. The van der Waals surface area contributed by atoms with Crippen LogP contribution in [0.3, 0.4) is 0 Å². The van der Waals surface area contributed by atoms with E-state index in [1.54, 1.807) is 6.33 Å². The van der Waals surface area contributed by atoms with Crippen LogP contribution in [0.1, 0.15) is 18.4 Å². The van der Waals surface area contributed by atoms with E-state index >= 15 is 0 Å². The molecule has 2 aromatic rings. The molecule has 1 aromatic heterocycles. The molecule has 0 radical (unpaired) electrons. The van der Waals surface area contributed by atoms with Crippen LogP contribution in [0.4, 0.5) is 5.82 Å². The van der Waals surface area contributed by atoms with Crippen LogP contribution in [0.2, 0.25) is 0 Å². The molecule has 6 nitrogen and oxygen atoms in total. The van der Waals surface area contributed by atoms with Crippen molar-refractivity contribution in [2.75, 3.05) is 30.8 Å². The van der Waals surface area contributed by atoms with Gasteiger partial charge in [-0.05, 0) is 43.4 Å². The van der Waals surface area contributed by atoms with Crippen molar-refractivity contribution >= 4 is 42.7 Å². The maximum Gasteiger partial charge on any atom is 0.208 e. The van der Waals surface area contributed by atoms with Crippen molar-refractivity contribution in [3.63, 3.8) is 0 Å². The Morgan fingerprint density at radius 2 is 2.00 bits per heavy atom. The minimum atomic E-state index is -3.12. The highest BCUT2D eigenvalue weighted by Gasteiger charge is 2.22. The fourth-order valence-corrected chi connectivity index (χ4v) is 4.27. The molecule has 1 N–H and O–H groups in total. The van der Waals surface area contributed by atoms with Gasteiger partial charge in [-0.2, -0.15) is 0 Å². The lowest BCUT2D eigenvalue weighted by Crippen LogP contribution is -2.38. The third-order valence-electron chi connectivity index (χ3n) is 4.42. The van der Waals surface area contributed by atoms with Crippen molar-refractivity contribution in [1.29, 1.82) is 0 Å². The third-order valence-corrected chi connectivity index (χ3v) is 5.57. The van der Waals surface area contributed by atoms with Crippen LogP contribution in [-0.4, -0.2) is 44.3 Å². The maximum atomic E-state index is 11.2. The first kappa shape index (κ1) is 17.6. The van der Waals surface area contributed by atoms with Crippen molar-refractivity contribution in [2.24, 2.45) is 5.92 Å². The second-order valence-electron chi connectivity index (χ2n) is 6.37. The summed E-state index contributed by atoms with van der Waals surface area (Å²) in [6, 6.07) is 4.12. The van der Waals surface area contributed by atoms with Gasteiger partial charge in [0.05, 0.1) is 11.8 Å². The quantitative estimate of drug-likeness (QED) is 0.834. The van der Waals surface area contributed by atoms with Crippen molar-refractivity contribution in [2.45, 2.75) is 19.8 Å². The number of halogens is 1. The van der Waals surface area contributed by atoms with E-state index in [1.165, 1.54) is 6.26 Å². The number of piperidine rings is 1. The average molecular weight is 413 g/mol. The van der Waals surface area contributed by atoms with Crippen molar-refractivity contribution < 1.29 is 8.42 Å². The van der Waals surface area contributed by atoms with E-state index in [2.05, 4.69) is 47.7 Å². The second-order valence-corrected chi connectivity index (χ2v) is 9.12. The summed E-state index contributed by atoms with van der Waals surface area (Å²) in [5.41, 5.74) is 2.10. The molecule has 0 unspecified atom stereocenters. The number of anilines is 1. The molecule has 1 aromatic carbocycles. The van der Waals surface area contributed by atoms with E-state index < -0.39 is 10.0 Å². The van der Waals surface area contributed by atoms with Crippen LogP contribution >= 0.6 is 15.9 Å². The molecule has 0 aliphatic carbocycles. The van der Waals surface area contributed by atoms with Crippen molar-refractivity contribution in [3.05, 3.63) is 28.5 Å². The Hall–Kier alpha value is -1.25. The number of sulfonamides is 1. The van der Waals surface area contributed by atoms with Gasteiger partial charge in [-0.1, -0.05) is 15.9 Å². The number of rotatable bonds is 4. The molecule has 130 valence electrons. The lowest BCUT2D eigenvalue weighted by molar-refractivity contribution is 0.401. The molecule has 1 saturated heterocycles. The molecule has 0 bridgehead atoms. The molecule has 24 heavy (non-hydrogen) atoms. The van der Waals surface area contributed by atoms with E-state index in [1.807, 2.05) is 6.92 Å². The lowest BCUT2D eigenvalue weighted by Gasteiger charge is -2.33. The van der Waals surface area contributed by atoms with Crippen LogP contribution in [0.5, 0.6) is 0 Å². The summed E-state index contributed by atoms with van der Waals surface area (Å²) < 4.78 is 26.1. The molecule has 0 spiro atoms. The number of fused-ring (bicyclic) bond motifs is 1. The monoisotopic (exact) mass is 412 g/mol. The fraction of sp³-hybridized carbons (Fsp3) is 0.500. The van der Waals surface area contributed by atoms with E-state index in [9.17, 15) is 8.42 Å². The van der Waals surface area contributed by atoms with Crippen LogP contribution in [0, 0.1) is 12.8 Å². The molecule has 0 amide bonds. The van der Waals surface area contributed by atoms with Gasteiger partial charge in [0.15, 0.2) is 0 Å². The molecule has 3 rings (SSSR count). The zero-order valence-corrected chi connectivity index (χ0v) is 16.2. The van der Waals surface area contributed by atoms with Crippen molar-refractivity contribution in [3.8, 4) is 0 Å². The van der Waals surface area contributed by atoms with Gasteiger partial charge in [0, 0.05) is 29.5 Å². The first-order valence-corrected chi connectivity index (χ1v) is 10.6. The van der Waals surface area contributed by atoms with Gasteiger partial charge in [-0.3, -0.25) is 0 Å². The molecular weight excluding hydrogens is 392 g/mol. The lowest BCUT2D eigenvalue weighted by atomic mass is 9.97. The highest BCUT2D eigenvalue weighted by Crippen LogP contribution is 2.31. The number of aryl methyl sites for hydroxylation is 1. The molecule has 0 saturated carbocycles. The van der Waals surface area contributed by atoms with Gasteiger partial charge in [0.2, 0.25) is 10.0 Å². The van der Waals surface area contributed by atoms with Crippen LogP contribution in [-0.2, 0) is 10.0 Å². The third kappa shape index (κ3) is 4.04. The molecule has 2 heterocycles. The van der Waals surface area contributed by atoms with E-state index in [0.29, 0.717) is 12.5 Å². The fourth-order valence-electron chi connectivity index (χ4n) is 3.16. The van der Waals surface area contributed by atoms with E-state index in [4.69, 9.17) is 0 Å². The summed E-state index contributed by atoms with van der Waals surface area (Å²) in [5.74, 6) is 1.33. The normalized spacial score (nSPS) is 16.7. The minimum absolute atomic E-state index is 0.373. The zero-order valence-electron chi connectivity index (χ0n) is 13.8. The predicted molar refractivity (Wildman–Crippen MR) is 99.8 cm³/mol. The van der Waals surface area contributed by atoms with Crippen LogP contribution < -0.4 is 9.62 Å². The van der Waals surface area contributed by atoms with Crippen molar-refractivity contribution in [1.82, 2.24) is 14.7 Å². The number of benzene rings is 1. The maximum absolute atomic E-state index is 11.2. The smallest absolute Gasteiger partial charge is 0.208 e. The van der Waals surface area contributed by atoms with Gasteiger partial charge >= 0.3 is 0 Å². The van der Waals surface area contributed by atoms with E-state index in [0.717, 1.165) is 52.7 Å². The minimum Gasteiger partial charge on any atom is -0.356 e. The van der Waals surface area contributed by atoms with Gasteiger partial charge in [0.1, 0.15) is 12.1 Å². The molecule has 0 atom stereocenters. The first-order chi connectivity index (χ1) is 11.3. The summed E-state index contributed by atoms with van der Waals surface area (Å²) in [6.07, 6.45) is 4.72. The molecule has 1 fully saturated rings. The molecular formula is C16H21BrN4O2S. The average Bonchev–Trinajstić information content (AvgIpc) is 2.52. The number of aromatic nitrogens is 2. The number of hydrogen-bond acceptors (Lipinski definition) is 5. The predicted octanol–water partition coefficient (Wildman–Crippen LogP) is 2.47. The largest absolute Gasteiger partial charge is 0.356 e. The first-order valence-electron chi connectivity index (χ1n) is 7.94. The van der Waals surface area contributed by atoms with Gasteiger partial charge in [0.25, 0.3) is 0 Å². The Kier molecular flexibility index (Phi) is 5.08. The Bertz CT molecular complexity index is 849. The SMILES string of the molecule is Cc1cc(Br)cc2c(N3CCC(CNS(C)(=O)=O)CC3)ncnc12. The standard InChI is InChI=1S/C16H21BrN4O2S/c1-11-7-13(17)8-14-15(11)18-10-19-16(14)21-5-3-12(4-6-21)9-20-24(2,22)23/h7-8,10,12,20H,3-6,9H2,1-2H3. The Morgan fingerprint density at radius 3 is 2.67 bits per heavy atom. The Labute approximate surface area is 150 Å². The Morgan fingerprint density at radius 1 is 1.29 bits per heavy atom. The topological polar surface area (TPSA) is 75.2 Å². The number of nitrogens with zero attached hydrogens (tertiary/aromatic N) is 3. The van der Waals surface area contributed by atoms with Crippen LogP contribution in [0.15, 0.2) is 22.9 Å². The molecule has 8 heteroatoms. The van der Waals surface area contributed by atoms with Gasteiger partial charge in [-0.15, -0.1) is 0 Å². The summed E-state index contributed by atoms with van der Waals surface area (Å²) in [5, 5.41) is 1.05. The van der Waals surface area contributed by atoms with Crippen LogP contribution in [0.25, 0.3) is 10.9 Å². The summed E-state index contributed by atoms with van der Waals surface area (Å²) in [4.78, 5) is 11.2. The van der Waals surface area contributed by atoms with Gasteiger partial charge in [-0.25, -0.2) is 23.1 Å². The number of hydrogen-bond donors (Lipinski definition) is 1. The number of nitrogens with one attached hydrogen (secondary N) is 1. The summed E-state index contributed by atoms with van der Waals surface area (Å²) in [7, 11) is -3.12. The highest BCUT2D eigenvalue weighted by atomic mass is 79.9. The van der Waals surface area contributed by atoms with Gasteiger partial charge < -0.3 is 4.90 Å². The van der Waals surface area contributed by atoms with E-state index in [-0.39, 0.29) is 0 Å². The highest BCUT2D eigenvalue weighted by molar-refractivity contribution is 9.10.